The van der Waals surface area contributed by atoms with Crippen LogP contribution in [0.15, 0.2) is 12.3 Å². The Balaban J connectivity index is 2.50. The Labute approximate surface area is 75.6 Å². The third-order valence-electron chi connectivity index (χ3n) is 2.02. The minimum atomic E-state index is 0.201. The molecule has 0 aliphatic carbocycles. The van der Waals surface area contributed by atoms with E-state index in [-0.39, 0.29) is 5.78 Å². The van der Waals surface area contributed by atoms with Crippen molar-refractivity contribution in [3.05, 3.63) is 23.5 Å². The van der Waals surface area contributed by atoms with Gasteiger partial charge in [0.1, 0.15) is 0 Å². The fraction of sp³-hybridized carbons (Fsp3) is 0.286. The van der Waals surface area contributed by atoms with Gasteiger partial charge >= 0.3 is 0 Å². The first-order chi connectivity index (χ1) is 5.68. The van der Waals surface area contributed by atoms with E-state index in [9.17, 15) is 4.79 Å². The largest absolute Gasteiger partial charge is 0.334 e. The molecule has 1 aromatic heterocycles. The van der Waals surface area contributed by atoms with E-state index in [1.165, 1.54) is 0 Å². The number of carbonyl (C=O) groups is 1. The van der Waals surface area contributed by atoms with Gasteiger partial charge in [-0.25, -0.2) is 0 Å². The number of Topliss-reactive ketones (excluding diaryl/α,β-unsaturated/α-hetero) is 1. The van der Waals surface area contributed by atoms with Crippen LogP contribution in [-0.2, 0) is 6.54 Å². The number of nitrogens with zero attached hydrogens (tertiary/aromatic N) is 2. The number of fused-ring (bicyclic) bond motifs is 1. The molecule has 1 aromatic rings. The van der Waals surface area contributed by atoms with Gasteiger partial charge in [0.2, 0.25) is 0 Å². The van der Waals surface area contributed by atoms with Crippen molar-refractivity contribution in [3.8, 4) is 0 Å². The molecule has 1 aliphatic rings. The molecule has 0 bridgehead atoms. The number of rotatable bonds is 0. The van der Waals surface area contributed by atoms with Gasteiger partial charge in [-0.05, 0) is 15.5 Å². The Morgan fingerprint density at radius 1 is 1.33 bits per heavy atom. The summed E-state index contributed by atoms with van der Waals surface area (Å²) in [5.74, 6) is 0.201. The van der Waals surface area contributed by atoms with Crippen LogP contribution in [0, 0.1) is 0 Å². The van der Waals surface area contributed by atoms with Gasteiger partial charge in [-0.2, -0.15) is 0 Å². The lowest BCUT2D eigenvalue weighted by Crippen LogP contribution is -2.27. The van der Waals surface area contributed by atoms with Gasteiger partial charge in [0.15, 0.2) is 5.78 Å². The maximum absolute atomic E-state index is 11.4. The number of aromatic nitrogens is 1. The molecule has 0 aromatic carbocycles. The van der Waals surface area contributed by atoms with Crippen LogP contribution in [0.5, 0.6) is 0 Å². The molecule has 2 unspecified atom stereocenters. The molecule has 5 heteroatoms. The second-order valence-electron chi connectivity index (χ2n) is 2.91. The van der Waals surface area contributed by atoms with Crippen LogP contribution in [0.1, 0.15) is 16.1 Å². The van der Waals surface area contributed by atoms with Crippen LogP contribution in [0.3, 0.4) is 0 Å². The first-order valence-corrected chi connectivity index (χ1v) is 4.70. The first-order valence-electron chi connectivity index (χ1n) is 3.66. The lowest BCUT2D eigenvalue weighted by Gasteiger charge is -2.21. The zero-order valence-electron chi connectivity index (χ0n) is 6.53. The fourth-order valence-electron chi connectivity index (χ4n) is 1.42. The van der Waals surface area contributed by atoms with Crippen molar-refractivity contribution in [2.75, 3.05) is 6.54 Å². The van der Waals surface area contributed by atoms with Crippen molar-refractivity contribution in [3.63, 3.8) is 0 Å². The van der Waals surface area contributed by atoms with E-state index < -0.39 is 0 Å². The lowest BCUT2D eigenvalue weighted by molar-refractivity contribution is 0.0954. The second kappa shape index (κ2) is 2.92. The summed E-state index contributed by atoms with van der Waals surface area (Å²) in [6, 6.07) is 1.88. The predicted octanol–water partition coefficient (Wildman–Crippen LogP) is 0.915. The van der Waals surface area contributed by atoms with Gasteiger partial charge < -0.3 is 4.34 Å². The zero-order valence-corrected chi connectivity index (χ0v) is 8.84. The molecule has 0 N–H and O–H groups in total. The highest BCUT2D eigenvalue weighted by Gasteiger charge is 2.22. The number of hydrogen-bond acceptors (Lipinski definition) is 2. The quantitative estimate of drug-likeness (QED) is 0.581. The summed E-state index contributed by atoms with van der Waals surface area (Å²) in [6.45, 7) is 1.33. The molecule has 0 amide bonds. The summed E-state index contributed by atoms with van der Waals surface area (Å²) >= 11 is 0. The van der Waals surface area contributed by atoms with Crippen LogP contribution in [0.25, 0.3) is 0 Å². The molecular weight excluding hydrogens is 190 g/mol. The zero-order chi connectivity index (χ0) is 8.72. The van der Waals surface area contributed by atoms with Crippen LogP contribution >= 0.6 is 18.8 Å². The van der Waals surface area contributed by atoms with Gasteiger partial charge in [0.25, 0.3) is 0 Å². The molecule has 3 nitrogen and oxygen atoms in total. The molecule has 2 atom stereocenters. The lowest BCUT2D eigenvalue weighted by atomic mass is 10.1. The van der Waals surface area contributed by atoms with E-state index >= 15 is 0 Å². The van der Waals surface area contributed by atoms with Crippen molar-refractivity contribution in [2.45, 2.75) is 6.54 Å². The Kier molecular flexibility index (Phi) is 2.04. The van der Waals surface area contributed by atoms with E-state index in [1.54, 1.807) is 0 Å². The maximum atomic E-state index is 11.4. The van der Waals surface area contributed by atoms with Crippen molar-refractivity contribution >= 4 is 24.6 Å². The Morgan fingerprint density at radius 2 is 2.08 bits per heavy atom. The summed E-state index contributed by atoms with van der Waals surface area (Å²) in [5, 5.41) is 0. The molecule has 2 rings (SSSR count). The third-order valence-corrected chi connectivity index (χ3v) is 2.87. The summed E-state index contributed by atoms with van der Waals surface area (Å²) < 4.78 is 3.86. The van der Waals surface area contributed by atoms with E-state index in [4.69, 9.17) is 0 Å². The molecule has 0 saturated carbocycles. The van der Waals surface area contributed by atoms with Crippen LogP contribution < -0.4 is 0 Å². The molecule has 0 saturated heterocycles. The molecule has 12 heavy (non-hydrogen) atoms. The molecule has 0 fully saturated rings. The molecule has 64 valence electrons. The topological polar surface area (TPSA) is 25.2 Å². The average molecular weight is 200 g/mol. The van der Waals surface area contributed by atoms with Crippen molar-refractivity contribution < 1.29 is 4.79 Å². The summed E-state index contributed by atoms with van der Waals surface area (Å²) in [5.41, 5.74) is 1.94. The van der Waals surface area contributed by atoms with Gasteiger partial charge in [-0.3, -0.25) is 9.46 Å². The summed E-state index contributed by atoms with van der Waals surface area (Å²) in [7, 11) is 5.13. The van der Waals surface area contributed by atoms with Crippen molar-refractivity contribution in [1.29, 1.82) is 0 Å². The fourth-order valence-corrected chi connectivity index (χ4v) is 2.06. The van der Waals surface area contributed by atoms with Gasteiger partial charge in [-0.15, -0.1) is 0 Å². The third kappa shape index (κ3) is 1.22. The van der Waals surface area contributed by atoms with Gasteiger partial charge in [0.05, 0.1) is 6.54 Å². The highest BCUT2D eigenvalue weighted by molar-refractivity contribution is 7.14. The molecule has 0 radical (unpaired) electrons. The van der Waals surface area contributed by atoms with Crippen LogP contribution in [-0.4, -0.2) is 21.3 Å². The second-order valence-corrected chi connectivity index (χ2v) is 4.20. The minimum absolute atomic E-state index is 0.201. The van der Waals surface area contributed by atoms with Crippen molar-refractivity contribution in [2.24, 2.45) is 0 Å². The van der Waals surface area contributed by atoms with Gasteiger partial charge in [-0.1, -0.05) is 9.39 Å². The molecular formula is C7H10N2OP2. The van der Waals surface area contributed by atoms with E-state index in [0.717, 1.165) is 17.8 Å². The molecule has 1 aliphatic heterocycles. The normalized spacial score (nSPS) is 18.0. The number of ketones is 1. The van der Waals surface area contributed by atoms with E-state index in [2.05, 4.69) is 18.8 Å². The number of carbonyl (C=O) groups excluding carboxylic acids is 1. The van der Waals surface area contributed by atoms with E-state index in [1.807, 2.05) is 21.3 Å². The SMILES string of the molecule is O=C1CN(P)Cc2c1ccn2P. The Morgan fingerprint density at radius 3 is 2.83 bits per heavy atom. The highest BCUT2D eigenvalue weighted by atomic mass is 31.0. The standard InChI is InChI=1S/C7H10N2OP2/c10-7-4-8(11)3-6-5(7)1-2-9(6)12/h1-2H,3-4,11-12H2. The predicted molar refractivity (Wildman–Crippen MR) is 54.0 cm³/mol. The minimum Gasteiger partial charge on any atom is -0.334 e. The Hall–Kier alpha value is -0.230. The summed E-state index contributed by atoms with van der Waals surface area (Å²) in [4.78, 5) is 11.4. The molecule has 0 spiro atoms. The van der Waals surface area contributed by atoms with E-state index in [0.29, 0.717) is 6.54 Å². The number of hydrogen-bond donors (Lipinski definition) is 0. The maximum Gasteiger partial charge on any atom is 0.179 e. The monoisotopic (exact) mass is 200 g/mol. The first kappa shape index (κ1) is 8.37. The Bertz CT molecular complexity index is 334. The smallest absolute Gasteiger partial charge is 0.179 e. The highest BCUT2D eigenvalue weighted by Crippen LogP contribution is 2.23. The summed E-state index contributed by atoms with van der Waals surface area (Å²) in [6.07, 6.45) is 1.90. The molecule has 2 heterocycles. The van der Waals surface area contributed by atoms with Crippen LogP contribution in [0.4, 0.5) is 0 Å². The average Bonchev–Trinajstić information content (AvgIpc) is 2.33. The van der Waals surface area contributed by atoms with Crippen LogP contribution in [0.2, 0.25) is 0 Å². The van der Waals surface area contributed by atoms with Gasteiger partial charge in [0, 0.05) is 24.0 Å². The van der Waals surface area contributed by atoms with Crippen molar-refractivity contribution in [1.82, 2.24) is 9.01 Å².